The maximum Gasteiger partial charge on any atom is 0.267 e. The molecule has 4 heteroatoms. The zero-order valence-electron chi connectivity index (χ0n) is 16.2. The first-order valence-corrected chi connectivity index (χ1v) is 10.3. The van der Waals surface area contributed by atoms with Gasteiger partial charge in [0.1, 0.15) is 0 Å². The largest absolute Gasteiger partial charge is 0.491 e. The Bertz CT molecular complexity index is 536. The predicted octanol–water partition coefficient (Wildman–Crippen LogP) is 7.48. The molecule has 1 aromatic rings. The summed E-state index contributed by atoms with van der Waals surface area (Å²) in [6.45, 7) is 4.23. The van der Waals surface area contributed by atoms with Crippen LogP contribution in [0.2, 0.25) is 0 Å². The van der Waals surface area contributed by atoms with Crippen molar-refractivity contribution in [1.29, 1.82) is 0 Å². The number of alkyl halides is 2. The van der Waals surface area contributed by atoms with Gasteiger partial charge < -0.3 is 4.74 Å². The third-order valence-corrected chi connectivity index (χ3v) is 5.72. The van der Waals surface area contributed by atoms with Crippen molar-refractivity contribution in [2.45, 2.75) is 84.5 Å². The summed E-state index contributed by atoms with van der Waals surface area (Å²) >= 11 is 0. The average Bonchev–Trinajstić information content (AvgIpc) is 2.62. The van der Waals surface area contributed by atoms with Crippen molar-refractivity contribution in [3.63, 3.8) is 0 Å². The highest BCUT2D eigenvalue weighted by Gasteiger charge is 2.23. The molecule has 148 valence electrons. The molecule has 0 unspecified atom stereocenters. The lowest BCUT2D eigenvalue weighted by Gasteiger charge is -2.28. The van der Waals surface area contributed by atoms with Gasteiger partial charge in [0.25, 0.3) is 6.43 Å². The van der Waals surface area contributed by atoms with Crippen LogP contribution < -0.4 is 4.74 Å². The summed E-state index contributed by atoms with van der Waals surface area (Å²) in [4.78, 5) is 0. The van der Waals surface area contributed by atoms with E-state index < -0.39 is 17.8 Å². The Morgan fingerprint density at radius 2 is 1.65 bits per heavy atom. The van der Waals surface area contributed by atoms with Gasteiger partial charge in [0.05, 0.1) is 12.2 Å². The lowest BCUT2D eigenvalue weighted by molar-refractivity contribution is 0.143. The average molecular weight is 370 g/mol. The first kappa shape index (κ1) is 21.1. The molecule has 26 heavy (non-hydrogen) atoms. The first-order chi connectivity index (χ1) is 12.6. The van der Waals surface area contributed by atoms with Crippen molar-refractivity contribution in [2.75, 3.05) is 6.61 Å². The van der Waals surface area contributed by atoms with E-state index in [1.165, 1.54) is 51.0 Å². The lowest BCUT2D eigenvalue weighted by Crippen LogP contribution is -2.14. The van der Waals surface area contributed by atoms with E-state index in [1.807, 2.05) is 0 Å². The van der Waals surface area contributed by atoms with Crippen LogP contribution in [0.15, 0.2) is 12.1 Å². The van der Waals surface area contributed by atoms with E-state index in [0.29, 0.717) is 12.0 Å². The van der Waals surface area contributed by atoms with E-state index in [2.05, 4.69) is 6.92 Å². The molecular weight excluding hydrogens is 337 g/mol. The highest BCUT2D eigenvalue weighted by atomic mass is 19.3. The molecule has 0 bridgehead atoms. The van der Waals surface area contributed by atoms with Crippen molar-refractivity contribution in [1.82, 2.24) is 0 Å². The SMILES string of the molecule is CCCC1CCC(CCCCc2ccc(OCC)c(F)c2C(F)F)CC1. The van der Waals surface area contributed by atoms with Gasteiger partial charge in [-0.1, -0.05) is 64.4 Å². The zero-order valence-corrected chi connectivity index (χ0v) is 16.2. The molecule has 0 spiro atoms. The van der Waals surface area contributed by atoms with Crippen LogP contribution in [0.5, 0.6) is 5.75 Å². The second-order valence-corrected chi connectivity index (χ2v) is 7.61. The minimum Gasteiger partial charge on any atom is -0.491 e. The molecule has 2 rings (SSSR count). The molecule has 1 saturated carbocycles. The number of halogens is 3. The third kappa shape index (κ3) is 5.92. The number of rotatable bonds is 10. The molecule has 0 atom stereocenters. The third-order valence-electron chi connectivity index (χ3n) is 5.72. The quantitative estimate of drug-likeness (QED) is 0.388. The molecule has 1 aliphatic carbocycles. The Kier molecular flexibility index (Phi) is 8.80. The number of benzene rings is 1. The van der Waals surface area contributed by atoms with Crippen LogP contribution in [0.1, 0.15) is 89.2 Å². The molecule has 0 aliphatic heterocycles. The van der Waals surface area contributed by atoms with Gasteiger partial charge in [0.15, 0.2) is 11.6 Å². The van der Waals surface area contributed by atoms with Crippen LogP contribution in [-0.2, 0) is 6.42 Å². The van der Waals surface area contributed by atoms with E-state index in [0.717, 1.165) is 24.7 Å². The Labute approximate surface area is 156 Å². The smallest absolute Gasteiger partial charge is 0.267 e. The molecular formula is C22H33F3O. The van der Waals surface area contributed by atoms with Gasteiger partial charge in [-0.25, -0.2) is 13.2 Å². The summed E-state index contributed by atoms with van der Waals surface area (Å²) in [6.07, 6.45) is 8.68. The number of hydrogen-bond acceptors (Lipinski definition) is 1. The summed E-state index contributed by atoms with van der Waals surface area (Å²) in [5.41, 5.74) is -0.0522. The lowest BCUT2D eigenvalue weighted by atomic mass is 9.78. The topological polar surface area (TPSA) is 9.23 Å². The molecule has 0 radical (unpaired) electrons. The number of hydrogen-bond donors (Lipinski definition) is 0. The van der Waals surface area contributed by atoms with Gasteiger partial charge in [-0.05, 0) is 43.2 Å². The van der Waals surface area contributed by atoms with Crippen LogP contribution in [0.3, 0.4) is 0 Å². The normalized spacial score (nSPS) is 20.5. The van der Waals surface area contributed by atoms with Crippen molar-refractivity contribution >= 4 is 0 Å². The maximum atomic E-state index is 14.3. The van der Waals surface area contributed by atoms with Crippen molar-refractivity contribution in [3.8, 4) is 5.75 Å². The second kappa shape index (κ2) is 10.8. The van der Waals surface area contributed by atoms with E-state index in [1.54, 1.807) is 13.0 Å². The standard InChI is InChI=1S/C22H33F3O/c1-3-7-16-10-12-17(13-11-16)8-5-6-9-18-14-15-19(26-4-2)21(23)20(18)22(24)25/h14-17,22H,3-13H2,1-2H3. The molecule has 1 nitrogen and oxygen atoms in total. The van der Waals surface area contributed by atoms with Gasteiger partial charge in [0, 0.05) is 0 Å². The monoisotopic (exact) mass is 370 g/mol. The zero-order chi connectivity index (χ0) is 18.9. The summed E-state index contributed by atoms with van der Waals surface area (Å²) in [6, 6.07) is 3.08. The highest BCUT2D eigenvalue weighted by molar-refractivity contribution is 5.38. The fraction of sp³-hybridized carbons (Fsp3) is 0.727. The minimum atomic E-state index is -2.81. The molecule has 0 N–H and O–H groups in total. The molecule has 1 aliphatic rings. The molecule has 1 aromatic carbocycles. The van der Waals surface area contributed by atoms with E-state index in [4.69, 9.17) is 4.74 Å². The Hall–Kier alpha value is -1.19. The van der Waals surface area contributed by atoms with Gasteiger partial charge in [0.2, 0.25) is 0 Å². The molecule has 0 aromatic heterocycles. The summed E-state index contributed by atoms with van der Waals surface area (Å²) in [5, 5.41) is 0. The molecule has 0 heterocycles. The number of unbranched alkanes of at least 4 members (excludes halogenated alkanes) is 1. The fourth-order valence-corrected chi connectivity index (χ4v) is 4.30. The maximum absolute atomic E-state index is 14.3. The van der Waals surface area contributed by atoms with E-state index >= 15 is 0 Å². The summed E-state index contributed by atoms with van der Waals surface area (Å²) in [7, 11) is 0. The second-order valence-electron chi connectivity index (χ2n) is 7.61. The fourth-order valence-electron chi connectivity index (χ4n) is 4.30. The van der Waals surface area contributed by atoms with Crippen LogP contribution >= 0.6 is 0 Å². The molecule has 0 amide bonds. The van der Waals surface area contributed by atoms with Crippen LogP contribution in [-0.4, -0.2) is 6.61 Å². The number of aryl methyl sites for hydroxylation is 1. The minimum absolute atomic E-state index is 0.0737. The van der Waals surface area contributed by atoms with Crippen molar-refractivity contribution in [3.05, 3.63) is 29.1 Å². The predicted molar refractivity (Wildman–Crippen MR) is 100 cm³/mol. The summed E-state index contributed by atoms with van der Waals surface area (Å²) in [5.74, 6) is 0.732. The van der Waals surface area contributed by atoms with Crippen molar-refractivity contribution in [2.24, 2.45) is 11.8 Å². The van der Waals surface area contributed by atoms with Gasteiger partial charge >= 0.3 is 0 Å². The van der Waals surface area contributed by atoms with E-state index in [-0.39, 0.29) is 12.4 Å². The van der Waals surface area contributed by atoms with Crippen molar-refractivity contribution < 1.29 is 17.9 Å². The van der Waals surface area contributed by atoms with Gasteiger partial charge in [-0.2, -0.15) is 0 Å². The first-order valence-electron chi connectivity index (χ1n) is 10.3. The van der Waals surface area contributed by atoms with Gasteiger partial charge in [-0.3, -0.25) is 0 Å². The van der Waals surface area contributed by atoms with Crippen LogP contribution in [0, 0.1) is 17.7 Å². The Balaban J connectivity index is 1.81. The molecule has 1 fully saturated rings. The van der Waals surface area contributed by atoms with Gasteiger partial charge in [-0.15, -0.1) is 0 Å². The molecule has 0 saturated heterocycles. The highest BCUT2D eigenvalue weighted by Crippen LogP contribution is 2.35. The summed E-state index contributed by atoms with van der Waals surface area (Å²) < 4.78 is 46.0. The van der Waals surface area contributed by atoms with Crippen LogP contribution in [0.25, 0.3) is 0 Å². The van der Waals surface area contributed by atoms with E-state index in [9.17, 15) is 13.2 Å². The number of ether oxygens (including phenoxy) is 1. The Morgan fingerprint density at radius 1 is 1.00 bits per heavy atom. The van der Waals surface area contributed by atoms with Crippen LogP contribution in [0.4, 0.5) is 13.2 Å². The Morgan fingerprint density at radius 3 is 2.23 bits per heavy atom.